The van der Waals surface area contributed by atoms with Gasteiger partial charge >= 0.3 is 0 Å². The Morgan fingerprint density at radius 3 is 2.73 bits per heavy atom. The molecular weight excluding hydrogens is 378 g/mol. The summed E-state index contributed by atoms with van der Waals surface area (Å²) < 4.78 is 24.9. The number of H-pyrrole nitrogens is 1. The molecule has 11 heteroatoms. The molecule has 0 bridgehead atoms. The third-order valence-electron chi connectivity index (χ3n) is 4.01. The van der Waals surface area contributed by atoms with Crippen LogP contribution in [0.25, 0.3) is 0 Å². The maximum absolute atomic E-state index is 12.4. The Labute approximate surface area is 154 Å². The Hall–Kier alpha value is -2.59. The molecule has 134 valence electrons. The SMILES string of the molecule is O=S1(=O)CCCc2nc(Cl)nc(Nc3ccc(Cc4nn[nH]n4)cc3)c21. The minimum Gasteiger partial charge on any atom is -0.339 e. The van der Waals surface area contributed by atoms with E-state index in [1.54, 1.807) is 0 Å². The van der Waals surface area contributed by atoms with E-state index in [1.165, 1.54) is 0 Å². The zero-order chi connectivity index (χ0) is 18.1. The quantitative estimate of drug-likeness (QED) is 0.643. The summed E-state index contributed by atoms with van der Waals surface area (Å²) >= 11 is 5.97. The zero-order valence-electron chi connectivity index (χ0n) is 13.5. The maximum Gasteiger partial charge on any atom is 0.224 e. The number of hydrogen-bond donors (Lipinski definition) is 2. The van der Waals surface area contributed by atoms with Gasteiger partial charge in [-0.05, 0) is 42.1 Å². The van der Waals surface area contributed by atoms with Crippen molar-refractivity contribution in [3.8, 4) is 0 Å². The van der Waals surface area contributed by atoms with Gasteiger partial charge in [0.25, 0.3) is 0 Å². The van der Waals surface area contributed by atoms with Crippen molar-refractivity contribution in [1.82, 2.24) is 30.6 Å². The second-order valence-electron chi connectivity index (χ2n) is 5.87. The van der Waals surface area contributed by atoms with Crippen molar-refractivity contribution < 1.29 is 8.42 Å². The zero-order valence-corrected chi connectivity index (χ0v) is 15.0. The average Bonchev–Trinajstić information content (AvgIpc) is 3.08. The molecule has 0 atom stereocenters. The number of aromatic nitrogens is 6. The van der Waals surface area contributed by atoms with E-state index in [0.29, 0.717) is 36.5 Å². The second-order valence-corrected chi connectivity index (χ2v) is 8.25. The highest BCUT2D eigenvalue weighted by atomic mass is 35.5. The minimum absolute atomic E-state index is 0.0251. The molecule has 26 heavy (non-hydrogen) atoms. The summed E-state index contributed by atoms with van der Waals surface area (Å²) in [4.78, 5) is 8.31. The normalized spacial score (nSPS) is 15.4. The summed E-state index contributed by atoms with van der Waals surface area (Å²) in [5.41, 5.74) is 2.15. The number of aromatic amines is 1. The molecule has 2 N–H and O–H groups in total. The average molecular weight is 392 g/mol. The molecule has 0 aliphatic carbocycles. The lowest BCUT2D eigenvalue weighted by Gasteiger charge is -2.19. The Kier molecular flexibility index (Phi) is 4.29. The van der Waals surface area contributed by atoms with Gasteiger partial charge in [0.05, 0.1) is 11.4 Å². The van der Waals surface area contributed by atoms with Crippen LogP contribution in [0.15, 0.2) is 29.2 Å². The number of anilines is 2. The molecule has 1 aromatic carbocycles. The number of rotatable bonds is 4. The number of sulfone groups is 1. The van der Waals surface area contributed by atoms with Crippen LogP contribution in [0.1, 0.15) is 23.5 Å². The lowest BCUT2D eigenvalue weighted by Crippen LogP contribution is -2.20. The molecule has 3 heterocycles. The number of nitrogens with zero attached hydrogens (tertiary/aromatic N) is 5. The van der Waals surface area contributed by atoms with Crippen LogP contribution in [0, 0.1) is 0 Å². The molecule has 2 aromatic heterocycles. The van der Waals surface area contributed by atoms with Crippen molar-refractivity contribution in [2.45, 2.75) is 24.2 Å². The highest BCUT2D eigenvalue weighted by Gasteiger charge is 2.29. The lowest BCUT2D eigenvalue weighted by molar-refractivity contribution is 0.584. The maximum atomic E-state index is 12.4. The topological polar surface area (TPSA) is 126 Å². The molecule has 0 fully saturated rings. The summed E-state index contributed by atoms with van der Waals surface area (Å²) in [6, 6.07) is 7.44. The first-order valence-corrected chi connectivity index (χ1v) is 9.92. The van der Waals surface area contributed by atoms with Crippen molar-refractivity contribution in [3.05, 3.63) is 46.6 Å². The molecule has 4 rings (SSSR count). The predicted molar refractivity (Wildman–Crippen MR) is 94.1 cm³/mol. The smallest absolute Gasteiger partial charge is 0.224 e. The largest absolute Gasteiger partial charge is 0.339 e. The van der Waals surface area contributed by atoms with Crippen LogP contribution in [0.4, 0.5) is 11.5 Å². The van der Waals surface area contributed by atoms with Crippen molar-refractivity contribution >= 4 is 32.9 Å². The van der Waals surface area contributed by atoms with Gasteiger partial charge in [-0.3, -0.25) is 0 Å². The van der Waals surface area contributed by atoms with E-state index < -0.39 is 9.84 Å². The highest BCUT2D eigenvalue weighted by molar-refractivity contribution is 7.91. The molecule has 0 amide bonds. The second kappa shape index (κ2) is 6.61. The highest BCUT2D eigenvalue weighted by Crippen LogP contribution is 2.32. The van der Waals surface area contributed by atoms with Crippen LogP contribution in [-0.2, 0) is 22.7 Å². The van der Waals surface area contributed by atoms with Crippen molar-refractivity contribution in [3.63, 3.8) is 0 Å². The predicted octanol–water partition coefficient (Wildman–Crippen LogP) is 1.70. The summed E-state index contributed by atoms with van der Waals surface area (Å²) in [5, 5.41) is 16.8. The van der Waals surface area contributed by atoms with Crippen LogP contribution < -0.4 is 5.32 Å². The van der Waals surface area contributed by atoms with Gasteiger partial charge in [-0.1, -0.05) is 17.3 Å². The monoisotopic (exact) mass is 391 g/mol. The molecule has 0 radical (unpaired) electrons. The number of fused-ring (bicyclic) bond motifs is 1. The van der Waals surface area contributed by atoms with Crippen molar-refractivity contribution in [2.75, 3.05) is 11.1 Å². The van der Waals surface area contributed by atoms with Gasteiger partial charge in [0, 0.05) is 12.1 Å². The van der Waals surface area contributed by atoms with Crippen LogP contribution in [0.3, 0.4) is 0 Å². The minimum atomic E-state index is -3.43. The summed E-state index contributed by atoms with van der Waals surface area (Å²) in [6.07, 6.45) is 1.64. The Bertz CT molecular complexity index is 1040. The Morgan fingerprint density at radius 2 is 2.00 bits per heavy atom. The van der Waals surface area contributed by atoms with E-state index >= 15 is 0 Å². The van der Waals surface area contributed by atoms with Crippen LogP contribution in [0.5, 0.6) is 0 Å². The van der Waals surface area contributed by atoms with E-state index in [0.717, 1.165) is 5.56 Å². The van der Waals surface area contributed by atoms with E-state index in [-0.39, 0.29) is 21.7 Å². The van der Waals surface area contributed by atoms with Gasteiger partial charge < -0.3 is 5.32 Å². The van der Waals surface area contributed by atoms with Gasteiger partial charge in [0.15, 0.2) is 21.5 Å². The van der Waals surface area contributed by atoms with Crippen molar-refractivity contribution in [1.29, 1.82) is 0 Å². The van der Waals surface area contributed by atoms with Gasteiger partial charge in [0.2, 0.25) is 5.28 Å². The van der Waals surface area contributed by atoms with E-state index in [9.17, 15) is 8.42 Å². The molecule has 1 aliphatic rings. The van der Waals surface area contributed by atoms with Gasteiger partial charge in [-0.25, -0.2) is 13.4 Å². The fourth-order valence-electron chi connectivity index (χ4n) is 2.86. The fourth-order valence-corrected chi connectivity index (χ4v) is 4.68. The third kappa shape index (κ3) is 3.37. The number of halogens is 1. The van der Waals surface area contributed by atoms with Gasteiger partial charge in [-0.2, -0.15) is 10.2 Å². The summed E-state index contributed by atoms with van der Waals surface area (Å²) in [6.45, 7) is 0. The first-order chi connectivity index (χ1) is 12.5. The first-order valence-electron chi connectivity index (χ1n) is 7.89. The molecule has 0 saturated carbocycles. The van der Waals surface area contributed by atoms with Crippen LogP contribution in [0.2, 0.25) is 5.28 Å². The first kappa shape index (κ1) is 16.9. The van der Waals surface area contributed by atoms with Crippen LogP contribution >= 0.6 is 11.6 Å². The molecular formula is C15H14ClN7O2S. The van der Waals surface area contributed by atoms with Crippen molar-refractivity contribution in [2.24, 2.45) is 0 Å². The Morgan fingerprint density at radius 1 is 1.19 bits per heavy atom. The molecule has 3 aromatic rings. The molecule has 9 nitrogen and oxygen atoms in total. The van der Waals surface area contributed by atoms with Gasteiger partial charge in [0.1, 0.15) is 4.90 Å². The number of hydrogen-bond acceptors (Lipinski definition) is 8. The number of tetrazole rings is 1. The number of benzene rings is 1. The lowest BCUT2D eigenvalue weighted by atomic mass is 10.1. The fraction of sp³-hybridized carbons (Fsp3) is 0.267. The number of nitrogens with one attached hydrogen (secondary N) is 2. The van der Waals surface area contributed by atoms with Gasteiger partial charge in [-0.15, -0.1) is 10.2 Å². The third-order valence-corrected chi connectivity index (χ3v) is 6.06. The van der Waals surface area contributed by atoms with E-state index in [1.807, 2.05) is 24.3 Å². The Balaban J connectivity index is 1.62. The van der Waals surface area contributed by atoms with E-state index in [4.69, 9.17) is 11.6 Å². The number of aryl methyl sites for hydroxylation is 1. The molecule has 0 unspecified atom stereocenters. The molecule has 1 aliphatic heterocycles. The van der Waals surface area contributed by atoms with Crippen LogP contribution in [-0.4, -0.2) is 44.8 Å². The molecule has 0 saturated heterocycles. The van der Waals surface area contributed by atoms with E-state index in [2.05, 4.69) is 35.9 Å². The summed E-state index contributed by atoms with van der Waals surface area (Å²) in [7, 11) is -3.43. The molecule has 0 spiro atoms. The summed E-state index contributed by atoms with van der Waals surface area (Å²) in [5.74, 6) is 0.891. The standard InChI is InChI=1S/C15H14ClN7O2S/c16-15-18-11-2-1-7-26(24,25)13(11)14(19-15)17-10-5-3-9(4-6-10)8-12-20-22-23-21-12/h3-6H,1-2,7-8H2,(H,17,18,19)(H,20,21,22,23).